The average molecular weight is 453 g/mol. The summed E-state index contributed by atoms with van der Waals surface area (Å²) in [5.41, 5.74) is 0.428. The number of carbonyl (C=O) groups is 3. The molecule has 6 nitrogen and oxygen atoms in total. The first-order valence-corrected chi connectivity index (χ1v) is 10.5. The minimum absolute atomic E-state index is 0.252. The maximum absolute atomic E-state index is 12.8. The molecule has 0 unspecified atom stereocenters. The number of benzene rings is 1. The monoisotopic (exact) mass is 452 g/mol. The van der Waals surface area contributed by atoms with Crippen LogP contribution >= 0.6 is 15.9 Å². The van der Waals surface area contributed by atoms with Crippen molar-refractivity contribution in [2.24, 2.45) is 0 Å². The van der Waals surface area contributed by atoms with Gasteiger partial charge >= 0.3 is 5.97 Å². The summed E-state index contributed by atoms with van der Waals surface area (Å²) in [6.07, 6.45) is 1.85. The molecule has 0 saturated carbocycles. The molecular weight excluding hydrogens is 424 g/mol. The van der Waals surface area contributed by atoms with Gasteiger partial charge < -0.3 is 15.0 Å². The Hall–Kier alpha value is -1.89. The summed E-state index contributed by atoms with van der Waals surface area (Å²) < 4.78 is 5.44. The molecular formula is C21H29BrN2O4. The number of nitrogens with zero attached hydrogens (tertiary/aromatic N) is 1. The molecule has 0 bridgehead atoms. The molecule has 0 aromatic heterocycles. The number of ether oxygens (including phenoxy) is 1. The van der Waals surface area contributed by atoms with Crippen molar-refractivity contribution >= 4 is 33.7 Å². The number of esters is 1. The lowest BCUT2D eigenvalue weighted by atomic mass is 10.1. The molecule has 0 spiro atoms. The van der Waals surface area contributed by atoms with Gasteiger partial charge in [-0.25, -0.2) is 4.79 Å². The molecule has 7 heteroatoms. The SMILES string of the molecule is C[C@H](NC(=O)[C@H](Br)Cc1ccccc1)C(=O)N1CCC[C@H]1C(=O)OC(C)(C)C. The third-order valence-corrected chi connectivity index (χ3v) is 5.23. The van der Waals surface area contributed by atoms with Crippen molar-refractivity contribution in [3.8, 4) is 0 Å². The molecule has 1 fully saturated rings. The van der Waals surface area contributed by atoms with Gasteiger partial charge in [-0.15, -0.1) is 0 Å². The molecule has 2 rings (SSSR count). The Morgan fingerprint density at radius 3 is 2.50 bits per heavy atom. The van der Waals surface area contributed by atoms with Gasteiger partial charge in [-0.1, -0.05) is 46.3 Å². The number of nitrogens with one attached hydrogen (secondary N) is 1. The van der Waals surface area contributed by atoms with E-state index in [9.17, 15) is 14.4 Å². The second-order valence-electron chi connectivity index (χ2n) is 8.11. The maximum atomic E-state index is 12.8. The Kier molecular flexibility index (Phi) is 7.63. The number of hydrogen-bond acceptors (Lipinski definition) is 4. The van der Waals surface area contributed by atoms with E-state index in [1.807, 2.05) is 30.3 Å². The second-order valence-corrected chi connectivity index (χ2v) is 9.22. The minimum Gasteiger partial charge on any atom is -0.458 e. The van der Waals surface area contributed by atoms with Crippen molar-refractivity contribution in [3.05, 3.63) is 35.9 Å². The second kappa shape index (κ2) is 9.54. The van der Waals surface area contributed by atoms with Crippen LogP contribution < -0.4 is 5.32 Å². The molecule has 154 valence electrons. The predicted molar refractivity (Wildman–Crippen MR) is 111 cm³/mol. The third-order valence-electron chi connectivity index (χ3n) is 4.49. The summed E-state index contributed by atoms with van der Waals surface area (Å²) in [5.74, 6) is -0.904. The van der Waals surface area contributed by atoms with Crippen LogP contribution in [-0.4, -0.2) is 51.7 Å². The number of halogens is 1. The van der Waals surface area contributed by atoms with Crippen LogP contribution in [0, 0.1) is 0 Å². The maximum Gasteiger partial charge on any atom is 0.329 e. The first-order valence-electron chi connectivity index (χ1n) is 9.60. The largest absolute Gasteiger partial charge is 0.458 e. The van der Waals surface area contributed by atoms with Crippen molar-refractivity contribution in [1.29, 1.82) is 0 Å². The van der Waals surface area contributed by atoms with E-state index in [1.54, 1.807) is 27.7 Å². The van der Waals surface area contributed by atoms with E-state index < -0.39 is 22.5 Å². The molecule has 1 heterocycles. The van der Waals surface area contributed by atoms with Gasteiger partial charge in [-0.2, -0.15) is 0 Å². The number of likely N-dealkylation sites (tertiary alicyclic amines) is 1. The van der Waals surface area contributed by atoms with Crippen LogP contribution in [0.25, 0.3) is 0 Å². The molecule has 1 aliphatic rings. The normalized spacial score (nSPS) is 19.0. The van der Waals surface area contributed by atoms with E-state index in [0.29, 0.717) is 19.4 Å². The lowest BCUT2D eigenvalue weighted by molar-refractivity contribution is -0.163. The van der Waals surface area contributed by atoms with Crippen molar-refractivity contribution in [1.82, 2.24) is 10.2 Å². The molecule has 3 atom stereocenters. The molecule has 1 aromatic rings. The first-order chi connectivity index (χ1) is 13.1. The molecule has 0 radical (unpaired) electrons. The van der Waals surface area contributed by atoms with E-state index in [-0.39, 0.29) is 17.8 Å². The highest BCUT2D eigenvalue weighted by Gasteiger charge is 2.38. The van der Waals surface area contributed by atoms with E-state index in [1.165, 1.54) is 4.90 Å². The number of amides is 2. The Bertz CT molecular complexity index is 702. The minimum atomic E-state index is -0.716. The van der Waals surface area contributed by atoms with Crippen LogP contribution in [0.5, 0.6) is 0 Å². The van der Waals surface area contributed by atoms with Gasteiger partial charge in [0.05, 0.1) is 4.83 Å². The van der Waals surface area contributed by atoms with E-state index in [2.05, 4.69) is 21.2 Å². The molecule has 0 aliphatic carbocycles. The van der Waals surface area contributed by atoms with Crippen LogP contribution in [0.15, 0.2) is 30.3 Å². The predicted octanol–water partition coefficient (Wildman–Crippen LogP) is 2.83. The summed E-state index contributed by atoms with van der Waals surface area (Å²) in [5, 5.41) is 2.76. The smallest absolute Gasteiger partial charge is 0.329 e. The Morgan fingerprint density at radius 2 is 1.89 bits per heavy atom. The van der Waals surface area contributed by atoms with E-state index in [4.69, 9.17) is 4.74 Å². The summed E-state index contributed by atoms with van der Waals surface area (Å²) in [4.78, 5) is 38.8. The Labute approximate surface area is 175 Å². The van der Waals surface area contributed by atoms with Crippen LogP contribution in [0.1, 0.15) is 46.1 Å². The zero-order valence-electron chi connectivity index (χ0n) is 16.9. The molecule has 28 heavy (non-hydrogen) atoms. The van der Waals surface area contributed by atoms with Crippen molar-refractivity contribution in [3.63, 3.8) is 0 Å². The highest BCUT2D eigenvalue weighted by atomic mass is 79.9. The fourth-order valence-electron chi connectivity index (χ4n) is 3.17. The molecule has 1 aromatic carbocycles. The Balaban J connectivity index is 1.93. The van der Waals surface area contributed by atoms with E-state index in [0.717, 1.165) is 12.0 Å². The van der Waals surface area contributed by atoms with E-state index >= 15 is 0 Å². The fourth-order valence-corrected chi connectivity index (χ4v) is 3.68. The number of carbonyl (C=O) groups excluding carboxylic acids is 3. The standard InChI is InChI=1S/C21H29BrN2O4/c1-14(23-18(25)16(22)13-15-9-6-5-7-10-15)19(26)24-12-8-11-17(24)20(27)28-21(2,3)4/h5-7,9-10,14,16-17H,8,11-13H2,1-4H3,(H,23,25)/t14-,16+,17-/m0/s1. The van der Waals surface area contributed by atoms with Crippen LogP contribution in [-0.2, 0) is 25.5 Å². The summed E-state index contributed by atoms with van der Waals surface area (Å²) >= 11 is 3.40. The lowest BCUT2D eigenvalue weighted by Crippen LogP contribution is -2.52. The van der Waals surface area contributed by atoms with Gasteiger partial charge in [0, 0.05) is 6.54 Å². The van der Waals surface area contributed by atoms with Gasteiger partial charge in [0.1, 0.15) is 17.7 Å². The topological polar surface area (TPSA) is 75.7 Å². The zero-order chi connectivity index (χ0) is 20.9. The highest BCUT2D eigenvalue weighted by molar-refractivity contribution is 9.10. The number of rotatable bonds is 6. The fraction of sp³-hybridized carbons (Fsp3) is 0.571. The zero-order valence-corrected chi connectivity index (χ0v) is 18.5. The first kappa shape index (κ1) is 22.4. The molecule has 1 saturated heterocycles. The lowest BCUT2D eigenvalue weighted by Gasteiger charge is -2.29. The van der Waals surface area contributed by atoms with Gasteiger partial charge in [-0.3, -0.25) is 9.59 Å². The van der Waals surface area contributed by atoms with Gasteiger partial charge in [0.15, 0.2) is 0 Å². The number of hydrogen-bond donors (Lipinski definition) is 1. The Morgan fingerprint density at radius 1 is 1.25 bits per heavy atom. The third kappa shape index (κ3) is 6.33. The van der Waals surface area contributed by atoms with Crippen molar-refractivity contribution in [2.45, 2.75) is 69.5 Å². The van der Waals surface area contributed by atoms with Gasteiger partial charge in [0.25, 0.3) is 0 Å². The quantitative estimate of drug-likeness (QED) is 0.531. The summed E-state index contributed by atoms with van der Waals surface area (Å²) in [7, 11) is 0. The average Bonchev–Trinajstić information content (AvgIpc) is 3.10. The van der Waals surface area contributed by atoms with Crippen molar-refractivity contribution < 1.29 is 19.1 Å². The summed E-state index contributed by atoms with van der Waals surface area (Å²) in [6, 6.07) is 8.36. The van der Waals surface area contributed by atoms with Crippen LogP contribution in [0.4, 0.5) is 0 Å². The highest BCUT2D eigenvalue weighted by Crippen LogP contribution is 2.22. The van der Waals surface area contributed by atoms with Gasteiger partial charge in [-0.05, 0) is 52.5 Å². The molecule has 2 amide bonds. The number of alkyl halides is 1. The van der Waals surface area contributed by atoms with Crippen molar-refractivity contribution in [2.75, 3.05) is 6.54 Å². The molecule has 1 N–H and O–H groups in total. The van der Waals surface area contributed by atoms with Gasteiger partial charge in [0.2, 0.25) is 11.8 Å². The molecule has 1 aliphatic heterocycles. The van der Waals surface area contributed by atoms with Crippen LogP contribution in [0.3, 0.4) is 0 Å². The van der Waals surface area contributed by atoms with Crippen LogP contribution in [0.2, 0.25) is 0 Å². The summed E-state index contributed by atoms with van der Waals surface area (Å²) in [6.45, 7) is 7.55.